The topological polar surface area (TPSA) is 148 Å². The summed E-state index contributed by atoms with van der Waals surface area (Å²) in [5, 5.41) is 11.6. The number of hydrogen-bond acceptors (Lipinski definition) is 9. The second-order valence-electron chi connectivity index (χ2n) is 12.7. The summed E-state index contributed by atoms with van der Waals surface area (Å²) in [6, 6.07) is 16.6. The fourth-order valence-electron chi connectivity index (χ4n) is 5.07. The highest BCUT2D eigenvalue weighted by atomic mass is 19.3. The number of benzene rings is 3. The third-order valence-corrected chi connectivity index (χ3v) is 7.54. The van der Waals surface area contributed by atoms with Crippen LogP contribution in [-0.4, -0.2) is 51.9 Å². The maximum Gasteiger partial charge on any atom is 0.407 e. The first-order chi connectivity index (χ1) is 24.8. The number of amides is 1. The first-order valence-electron chi connectivity index (χ1n) is 16.0. The van der Waals surface area contributed by atoms with E-state index in [1.807, 2.05) is 26.8 Å². The SMILES string of the molecule is CC(C)(C)OC(=O)N[C@H]1CCOC1.N#Cc1ccc(COc2cccc(-c3cc(F)c(Cc4nc5ccc(C(=O)OF)cc5[nH]4)cc3F)n2)c(F)c1. The Morgan fingerprint density at radius 2 is 1.79 bits per heavy atom. The number of ether oxygens (including phenoxy) is 3. The Morgan fingerprint density at radius 1 is 1.00 bits per heavy atom. The van der Waals surface area contributed by atoms with Gasteiger partial charge >= 0.3 is 12.1 Å². The molecule has 0 aliphatic carbocycles. The van der Waals surface area contributed by atoms with Gasteiger partial charge in [-0.2, -0.15) is 5.26 Å². The zero-order chi connectivity index (χ0) is 37.4. The Hall–Kier alpha value is -6.01. The molecule has 1 aliphatic heterocycles. The predicted molar refractivity (Wildman–Crippen MR) is 179 cm³/mol. The van der Waals surface area contributed by atoms with E-state index in [9.17, 15) is 18.5 Å². The van der Waals surface area contributed by atoms with Gasteiger partial charge in [0.05, 0.1) is 46.6 Å². The molecule has 0 unspecified atom stereocenters. The number of imidazole rings is 1. The van der Waals surface area contributed by atoms with E-state index in [-0.39, 0.29) is 64.6 Å². The number of pyridine rings is 1. The van der Waals surface area contributed by atoms with Crippen LogP contribution in [0.15, 0.2) is 66.7 Å². The molecule has 1 atom stereocenters. The molecule has 2 N–H and O–H groups in total. The highest BCUT2D eigenvalue weighted by Gasteiger charge is 2.22. The van der Waals surface area contributed by atoms with Gasteiger partial charge < -0.3 is 24.5 Å². The minimum atomic E-state index is -1.17. The van der Waals surface area contributed by atoms with Crippen molar-refractivity contribution in [2.75, 3.05) is 13.2 Å². The molecule has 1 amide bonds. The number of hydrogen-bond donors (Lipinski definition) is 2. The maximum absolute atomic E-state index is 15.1. The Bertz CT molecular complexity index is 2120. The average molecular weight is 720 g/mol. The van der Waals surface area contributed by atoms with Crippen molar-refractivity contribution in [1.82, 2.24) is 20.3 Å². The van der Waals surface area contributed by atoms with Gasteiger partial charge in [-0.15, -0.1) is 0 Å². The van der Waals surface area contributed by atoms with E-state index in [2.05, 4.69) is 25.2 Å². The molecule has 270 valence electrons. The van der Waals surface area contributed by atoms with E-state index in [0.717, 1.165) is 31.2 Å². The van der Waals surface area contributed by atoms with E-state index in [0.29, 0.717) is 23.5 Å². The molecule has 1 fully saturated rings. The van der Waals surface area contributed by atoms with E-state index < -0.39 is 29.0 Å². The number of nitrogens with zero attached hydrogens (tertiary/aromatic N) is 3. The molecule has 3 aromatic carbocycles. The number of aromatic amines is 1. The number of halogens is 4. The number of nitriles is 1. The molecule has 52 heavy (non-hydrogen) atoms. The van der Waals surface area contributed by atoms with Gasteiger partial charge in [0.25, 0.3) is 0 Å². The molecule has 1 saturated heterocycles. The summed E-state index contributed by atoms with van der Waals surface area (Å²) in [4.78, 5) is 37.2. The number of carbonyl (C=O) groups is 2. The van der Waals surface area contributed by atoms with Crippen LogP contribution in [0, 0.1) is 28.8 Å². The monoisotopic (exact) mass is 719 g/mol. The molecule has 11 nitrogen and oxygen atoms in total. The van der Waals surface area contributed by atoms with Crippen LogP contribution in [0.4, 0.5) is 22.5 Å². The second-order valence-corrected chi connectivity index (χ2v) is 12.7. The summed E-state index contributed by atoms with van der Waals surface area (Å²) in [6.45, 7) is 6.67. The summed E-state index contributed by atoms with van der Waals surface area (Å²) in [5.41, 5.74) is 0.761. The van der Waals surface area contributed by atoms with Crippen molar-refractivity contribution in [3.8, 4) is 23.2 Å². The molecule has 5 aromatic rings. The number of rotatable bonds is 8. The first-order valence-corrected chi connectivity index (χ1v) is 16.0. The normalized spacial score (nSPS) is 13.8. The molecule has 2 aromatic heterocycles. The van der Waals surface area contributed by atoms with Crippen molar-refractivity contribution < 1.29 is 46.4 Å². The molecule has 1 aliphatic rings. The number of alkyl carbamates (subject to hydrolysis) is 1. The van der Waals surface area contributed by atoms with Crippen molar-refractivity contribution in [2.24, 2.45) is 0 Å². The van der Waals surface area contributed by atoms with Crippen LogP contribution >= 0.6 is 0 Å². The average Bonchev–Trinajstić information content (AvgIpc) is 3.77. The van der Waals surface area contributed by atoms with Gasteiger partial charge in [0.1, 0.15) is 35.5 Å². The molecule has 0 spiro atoms. The maximum atomic E-state index is 15.1. The number of nitrogens with one attached hydrogen (secondary N) is 2. The van der Waals surface area contributed by atoms with Gasteiger partial charge in [-0.05, 0) is 81.3 Å². The number of aromatic nitrogens is 3. The lowest BCUT2D eigenvalue weighted by Crippen LogP contribution is -2.39. The lowest BCUT2D eigenvalue weighted by molar-refractivity contribution is -0.0787. The fraction of sp³-hybridized carbons (Fsp3) is 0.270. The van der Waals surface area contributed by atoms with Gasteiger partial charge in [0.2, 0.25) is 5.88 Å². The summed E-state index contributed by atoms with van der Waals surface area (Å²) < 4.78 is 72.1. The summed E-state index contributed by atoms with van der Waals surface area (Å²) >= 11 is 0. The van der Waals surface area contributed by atoms with E-state index in [4.69, 9.17) is 19.5 Å². The molecule has 6 rings (SSSR count). The lowest BCUT2D eigenvalue weighted by Gasteiger charge is -2.21. The van der Waals surface area contributed by atoms with Gasteiger partial charge in [0.15, 0.2) is 0 Å². The molecule has 15 heteroatoms. The minimum Gasteiger partial charge on any atom is -0.473 e. The standard InChI is InChI=1S/C28H16F4N4O3.C9H17NO3/c29-20-8-15(13-33)4-5-17(20)14-38-27-3-1-2-23(36-27)19-12-21(30)18(9-22(19)31)11-26-34-24-7-6-16(28(37)39-32)10-25(24)35-26;1-9(2,3)13-8(11)10-7-4-5-12-6-7/h1-10,12H,11,14H2,(H,34,35);7H,4-6H2,1-3H3,(H,10,11)/t;7-/m.0/s1. The van der Waals surface area contributed by atoms with Crippen LogP contribution in [0.2, 0.25) is 0 Å². The molecular weight excluding hydrogens is 686 g/mol. The van der Waals surface area contributed by atoms with Crippen molar-refractivity contribution >= 4 is 23.1 Å². The quantitative estimate of drug-likeness (QED) is 0.156. The molecule has 0 saturated carbocycles. The lowest BCUT2D eigenvalue weighted by atomic mass is 10.0. The van der Waals surface area contributed by atoms with Crippen molar-refractivity contribution in [3.05, 3.63) is 112 Å². The minimum absolute atomic E-state index is 0.0161. The number of carbonyl (C=O) groups excluding carboxylic acids is 2. The van der Waals surface area contributed by atoms with Crippen LogP contribution in [-0.2, 0) is 27.4 Å². The van der Waals surface area contributed by atoms with Gasteiger partial charge in [0, 0.05) is 34.7 Å². The predicted octanol–water partition coefficient (Wildman–Crippen LogP) is 7.42. The number of H-pyrrole nitrogens is 1. The summed E-state index contributed by atoms with van der Waals surface area (Å²) in [7, 11) is 0. The summed E-state index contributed by atoms with van der Waals surface area (Å²) in [5.74, 6) is -2.86. The fourth-order valence-corrected chi connectivity index (χ4v) is 5.07. The van der Waals surface area contributed by atoms with Crippen molar-refractivity contribution in [1.29, 1.82) is 5.26 Å². The Labute approximate surface area is 295 Å². The Balaban J connectivity index is 0.000000340. The van der Waals surface area contributed by atoms with Crippen LogP contribution in [0.1, 0.15) is 60.1 Å². The Kier molecular flexibility index (Phi) is 11.7. The highest BCUT2D eigenvalue weighted by molar-refractivity contribution is 5.93. The van der Waals surface area contributed by atoms with E-state index in [1.165, 1.54) is 42.5 Å². The number of fused-ring (bicyclic) bond motifs is 1. The van der Waals surface area contributed by atoms with Crippen LogP contribution in [0.3, 0.4) is 0 Å². The third-order valence-electron chi connectivity index (χ3n) is 7.54. The van der Waals surface area contributed by atoms with Crippen LogP contribution in [0.5, 0.6) is 5.88 Å². The van der Waals surface area contributed by atoms with Crippen molar-refractivity contribution in [2.45, 2.75) is 51.9 Å². The first kappa shape index (κ1) is 37.3. The molecule has 0 bridgehead atoms. The van der Waals surface area contributed by atoms with E-state index >= 15 is 8.78 Å². The van der Waals surface area contributed by atoms with Crippen LogP contribution < -0.4 is 10.1 Å². The largest absolute Gasteiger partial charge is 0.473 e. The molecule has 0 radical (unpaired) electrons. The van der Waals surface area contributed by atoms with Crippen molar-refractivity contribution in [3.63, 3.8) is 0 Å². The van der Waals surface area contributed by atoms with Gasteiger partial charge in [-0.25, -0.2) is 37.7 Å². The zero-order valence-corrected chi connectivity index (χ0v) is 28.3. The Morgan fingerprint density at radius 3 is 2.48 bits per heavy atom. The second kappa shape index (κ2) is 16.3. The molecule has 3 heterocycles. The van der Waals surface area contributed by atoms with Gasteiger partial charge in [-0.1, -0.05) is 12.1 Å². The third kappa shape index (κ3) is 9.82. The smallest absolute Gasteiger partial charge is 0.407 e. The van der Waals surface area contributed by atoms with E-state index in [1.54, 1.807) is 6.07 Å². The summed E-state index contributed by atoms with van der Waals surface area (Å²) in [6.07, 6.45) is 0.426. The highest BCUT2D eigenvalue weighted by Crippen LogP contribution is 2.28. The zero-order valence-electron chi connectivity index (χ0n) is 28.3. The van der Waals surface area contributed by atoms with Crippen LogP contribution in [0.25, 0.3) is 22.3 Å². The van der Waals surface area contributed by atoms with Gasteiger partial charge in [-0.3, -0.25) is 0 Å². The molecular formula is C37H33F4N5O6.